The van der Waals surface area contributed by atoms with Crippen molar-refractivity contribution in [3.63, 3.8) is 0 Å². The van der Waals surface area contributed by atoms with Gasteiger partial charge in [-0.25, -0.2) is 8.42 Å². The minimum Gasteiger partial charge on any atom is -0.315 e. The summed E-state index contributed by atoms with van der Waals surface area (Å²) >= 11 is 12.2. The standard InChI is InChI=1S/C14H20Cl2N2O2S/c1-2-8-18(11-6-7-17-9-11)21(19,20)10-12-13(15)4-3-5-14(12)16/h3-5,11,17H,2,6-10H2,1H3. The Morgan fingerprint density at radius 3 is 2.52 bits per heavy atom. The highest BCUT2D eigenvalue weighted by Gasteiger charge is 2.32. The summed E-state index contributed by atoms with van der Waals surface area (Å²) in [7, 11) is -3.44. The summed E-state index contributed by atoms with van der Waals surface area (Å²) in [6, 6.07) is 5.07. The van der Waals surface area contributed by atoms with Crippen molar-refractivity contribution < 1.29 is 8.42 Å². The monoisotopic (exact) mass is 350 g/mol. The van der Waals surface area contributed by atoms with Crippen LogP contribution in [0.1, 0.15) is 25.3 Å². The summed E-state index contributed by atoms with van der Waals surface area (Å²) in [4.78, 5) is 0. The van der Waals surface area contributed by atoms with Crippen LogP contribution in [0.25, 0.3) is 0 Å². The van der Waals surface area contributed by atoms with Crippen LogP contribution in [0.3, 0.4) is 0 Å². The SMILES string of the molecule is CCCN(C1CCNC1)S(=O)(=O)Cc1c(Cl)cccc1Cl. The molecule has 2 rings (SSSR count). The van der Waals surface area contributed by atoms with Crippen molar-refractivity contribution in [3.05, 3.63) is 33.8 Å². The van der Waals surface area contributed by atoms with Gasteiger partial charge in [0, 0.05) is 34.7 Å². The minimum absolute atomic E-state index is 0.0243. The quantitative estimate of drug-likeness (QED) is 0.857. The first-order chi connectivity index (χ1) is 9.95. The van der Waals surface area contributed by atoms with E-state index in [4.69, 9.17) is 23.2 Å². The Kier molecular flexibility index (Phi) is 5.91. The molecule has 0 amide bonds. The van der Waals surface area contributed by atoms with Crippen LogP contribution in [0.5, 0.6) is 0 Å². The Labute approximate surface area is 136 Å². The smallest absolute Gasteiger partial charge is 0.218 e. The van der Waals surface area contributed by atoms with Gasteiger partial charge in [-0.05, 0) is 31.5 Å². The van der Waals surface area contributed by atoms with Crippen molar-refractivity contribution in [2.24, 2.45) is 0 Å². The Morgan fingerprint density at radius 2 is 2.00 bits per heavy atom. The molecule has 1 N–H and O–H groups in total. The number of benzene rings is 1. The first-order valence-corrected chi connectivity index (χ1v) is 9.45. The number of hydrogen-bond donors (Lipinski definition) is 1. The largest absolute Gasteiger partial charge is 0.315 e. The van der Waals surface area contributed by atoms with Crippen LogP contribution in [0.4, 0.5) is 0 Å². The van der Waals surface area contributed by atoms with Crippen LogP contribution >= 0.6 is 23.2 Å². The maximum Gasteiger partial charge on any atom is 0.218 e. The van der Waals surface area contributed by atoms with E-state index in [0.717, 1.165) is 19.4 Å². The van der Waals surface area contributed by atoms with Gasteiger partial charge >= 0.3 is 0 Å². The van der Waals surface area contributed by atoms with Crippen molar-refractivity contribution in [2.75, 3.05) is 19.6 Å². The zero-order valence-electron chi connectivity index (χ0n) is 12.0. The highest BCUT2D eigenvalue weighted by Crippen LogP contribution is 2.28. The molecule has 1 saturated heterocycles. The summed E-state index contributed by atoms with van der Waals surface area (Å²) in [6.45, 7) is 4.06. The van der Waals surface area contributed by atoms with Gasteiger partial charge in [0.2, 0.25) is 10.0 Å². The topological polar surface area (TPSA) is 49.4 Å². The van der Waals surface area contributed by atoms with Crippen LogP contribution in [-0.4, -0.2) is 38.4 Å². The van der Waals surface area contributed by atoms with E-state index in [1.807, 2.05) is 6.92 Å². The molecule has 0 aromatic heterocycles. The number of nitrogens with one attached hydrogen (secondary N) is 1. The molecular formula is C14H20Cl2N2O2S. The van der Waals surface area contributed by atoms with E-state index < -0.39 is 10.0 Å². The van der Waals surface area contributed by atoms with E-state index in [2.05, 4.69) is 5.32 Å². The van der Waals surface area contributed by atoms with Crippen molar-refractivity contribution >= 4 is 33.2 Å². The first kappa shape index (κ1) is 17.0. The molecule has 118 valence electrons. The van der Waals surface area contributed by atoms with Crippen LogP contribution in [0.15, 0.2) is 18.2 Å². The highest BCUT2D eigenvalue weighted by molar-refractivity contribution is 7.88. The van der Waals surface area contributed by atoms with Crippen LogP contribution in [0.2, 0.25) is 10.0 Å². The third-order valence-corrected chi connectivity index (χ3v) is 6.19. The molecule has 4 nitrogen and oxygen atoms in total. The molecule has 1 atom stereocenters. The van der Waals surface area contributed by atoms with E-state index in [1.165, 1.54) is 0 Å². The van der Waals surface area contributed by atoms with Crippen LogP contribution in [-0.2, 0) is 15.8 Å². The number of hydrogen-bond acceptors (Lipinski definition) is 3. The fourth-order valence-electron chi connectivity index (χ4n) is 2.59. The lowest BCUT2D eigenvalue weighted by Crippen LogP contribution is -2.42. The zero-order valence-corrected chi connectivity index (χ0v) is 14.3. The van der Waals surface area contributed by atoms with Gasteiger partial charge in [0.15, 0.2) is 0 Å². The molecule has 0 bridgehead atoms. The average molecular weight is 351 g/mol. The first-order valence-electron chi connectivity index (χ1n) is 7.09. The second-order valence-electron chi connectivity index (χ2n) is 5.21. The third kappa shape index (κ3) is 4.11. The number of rotatable bonds is 6. The summed E-state index contributed by atoms with van der Waals surface area (Å²) in [6.07, 6.45) is 1.63. The van der Waals surface area contributed by atoms with Gasteiger partial charge in [-0.3, -0.25) is 0 Å². The second kappa shape index (κ2) is 7.29. The maximum absolute atomic E-state index is 12.8. The Bertz CT molecular complexity index is 566. The predicted molar refractivity (Wildman–Crippen MR) is 87.4 cm³/mol. The van der Waals surface area contributed by atoms with Crippen molar-refractivity contribution in [3.8, 4) is 0 Å². The maximum atomic E-state index is 12.8. The number of sulfonamides is 1. The minimum atomic E-state index is -3.44. The molecule has 0 aliphatic carbocycles. The molecule has 1 fully saturated rings. The molecule has 1 aromatic carbocycles. The fourth-order valence-corrected chi connectivity index (χ4v) is 5.22. The Morgan fingerprint density at radius 1 is 1.33 bits per heavy atom. The fraction of sp³-hybridized carbons (Fsp3) is 0.571. The highest BCUT2D eigenvalue weighted by atomic mass is 35.5. The number of halogens is 2. The van der Waals surface area contributed by atoms with Crippen LogP contribution < -0.4 is 5.32 Å². The van der Waals surface area contributed by atoms with Gasteiger partial charge in [0.1, 0.15) is 0 Å². The molecule has 0 spiro atoms. The Hall–Kier alpha value is -0.330. The molecule has 0 saturated carbocycles. The Balaban J connectivity index is 2.26. The molecular weight excluding hydrogens is 331 g/mol. The summed E-state index contributed by atoms with van der Waals surface area (Å²) < 4.78 is 27.1. The lowest BCUT2D eigenvalue weighted by Gasteiger charge is -2.27. The zero-order chi connectivity index (χ0) is 15.5. The molecule has 21 heavy (non-hydrogen) atoms. The van der Waals surface area contributed by atoms with Gasteiger partial charge in [-0.1, -0.05) is 36.2 Å². The van der Waals surface area contributed by atoms with Crippen LogP contribution in [0, 0.1) is 0 Å². The molecule has 1 aliphatic rings. The summed E-state index contributed by atoms with van der Waals surface area (Å²) in [5.41, 5.74) is 0.480. The van der Waals surface area contributed by atoms with Crippen molar-refractivity contribution in [1.29, 1.82) is 0 Å². The normalized spacial score (nSPS) is 19.3. The third-order valence-electron chi connectivity index (χ3n) is 3.63. The molecule has 1 unspecified atom stereocenters. The van der Waals surface area contributed by atoms with Gasteiger partial charge in [-0.2, -0.15) is 4.31 Å². The predicted octanol–water partition coefficient (Wildman–Crippen LogP) is 2.90. The molecule has 1 aromatic rings. The number of nitrogens with zero attached hydrogens (tertiary/aromatic N) is 1. The molecule has 0 radical (unpaired) electrons. The van der Waals surface area contributed by atoms with Crippen molar-refractivity contribution in [1.82, 2.24) is 9.62 Å². The lowest BCUT2D eigenvalue weighted by molar-refractivity contribution is 0.334. The van der Waals surface area contributed by atoms with E-state index in [-0.39, 0.29) is 11.8 Å². The van der Waals surface area contributed by atoms with Crippen molar-refractivity contribution in [2.45, 2.75) is 31.6 Å². The van der Waals surface area contributed by atoms with E-state index in [1.54, 1.807) is 22.5 Å². The molecule has 1 heterocycles. The van der Waals surface area contributed by atoms with E-state index in [9.17, 15) is 8.42 Å². The van der Waals surface area contributed by atoms with Gasteiger partial charge in [-0.15, -0.1) is 0 Å². The van der Waals surface area contributed by atoms with E-state index in [0.29, 0.717) is 28.7 Å². The van der Waals surface area contributed by atoms with Gasteiger partial charge < -0.3 is 5.32 Å². The van der Waals surface area contributed by atoms with Gasteiger partial charge in [0.25, 0.3) is 0 Å². The summed E-state index contributed by atoms with van der Waals surface area (Å²) in [5, 5.41) is 4.00. The van der Waals surface area contributed by atoms with Gasteiger partial charge in [0.05, 0.1) is 5.75 Å². The second-order valence-corrected chi connectivity index (χ2v) is 7.95. The summed E-state index contributed by atoms with van der Waals surface area (Å²) in [5.74, 6) is -0.151. The van der Waals surface area contributed by atoms with E-state index >= 15 is 0 Å². The molecule has 7 heteroatoms. The molecule has 1 aliphatic heterocycles. The average Bonchev–Trinajstić information content (AvgIpc) is 2.94. The lowest BCUT2D eigenvalue weighted by atomic mass is 10.2.